The summed E-state index contributed by atoms with van der Waals surface area (Å²) < 4.78 is 49.7. The lowest BCUT2D eigenvalue weighted by Gasteiger charge is -2.16. The molecule has 1 aromatic heterocycles. The van der Waals surface area contributed by atoms with Crippen LogP contribution in [0, 0.1) is 0 Å². The van der Waals surface area contributed by atoms with Crippen molar-refractivity contribution < 1.29 is 27.4 Å². The van der Waals surface area contributed by atoms with Crippen molar-refractivity contribution >= 4 is 17.5 Å². The molecule has 27 heavy (non-hydrogen) atoms. The molecule has 1 aliphatic heterocycles. The standard InChI is InChI=1S/C17H14ClF3N2O4/c1-9(10-2-3-13-14(4-10)27-8-26-13)22-15(24)7-23-6-11(17(19,20)21)5-12(18)16(23)25/h2-6,9H,7-8H2,1H3,(H,22,24). The minimum atomic E-state index is -4.69. The number of aromatic nitrogens is 1. The Balaban J connectivity index is 1.74. The number of alkyl halides is 3. The second kappa shape index (κ2) is 7.15. The number of ether oxygens (including phenoxy) is 2. The number of hydrogen-bond donors (Lipinski definition) is 1. The van der Waals surface area contributed by atoms with Gasteiger partial charge in [0, 0.05) is 6.20 Å². The average Bonchev–Trinajstić information content (AvgIpc) is 3.05. The topological polar surface area (TPSA) is 69.6 Å². The summed E-state index contributed by atoms with van der Waals surface area (Å²) >= 11 is 5.57. The third-order valence-corrected chi connectivity index (χ3v) is 4.23. The van der Waals surface area contributed by atoms with Crippen molar-refractivity contribution in [3.8, 4) is 11.5 Å². The molecule has 0 aliphatic carbocycles. The molecule has 0 saturated carbocycles. The van der Waals surface area contributed by atoms with Gasteiger partial charge in [0.05, 0.1) is 11.6 Å². The maximum atomic E-state index is 12.9. The van der Waals surface area contributed by atoms with Crippen LogP contribution in [0.5, 0.6) is 11.5 Å². The largest absolute Gasteiger partial charge is 0.454 e. The monoisotopic (exact) mass is 402 g/mol. The van der Waals surface area contributed by atoms with E-state index in [9.17, 15) is 22.8 Å². The summed E-state index contributed by atoms with van der Waals surface area (Å²) in [5, 5.41) is 2.01. The number of carbonyl (C=O) groups is 1. The number of benzene rings is 1. The van der Waals surface area contributed by atoms with E-state index in [1.54, 1.807) is 25.1 Å². The fourth-order valence-corrected chi connectivity index (χ4v) is 2.81. The van der Waals surface area contributed by atoms with Gasteiger partial charge in [0.15, 0.2) is 11.5 Å². The van der Waals surface area contributed by atoms with Gasteiger partial charge in [-0.15, -0.1) is 0 Å². The van der Waals surface area contributed by atoms with Crippen molar-refractivity contribution in [2.75, 3.05) is 6.79 Å². The van der Waals surface area contributed by atoms with Gasteiger partial charge in [0.2, 0.25) is 12.7 Å². The van der Waals surface area contributed by atoms with Crippen molar-refractivity contribution in [2.45, 2.75) is 25.7 Å². The van der Waals surface area contributed by atoms with Crippen molar-refractivity contribution in [3.63, 3.8) is 0 Å². The van der Waals surface area contributed by atoms with Crippen LogP contribution in [0.3, 0.4) is 0 Å². The molecule has 2 heterocycles. The Bertz CT molecular complexity index is 943. The van der Waals surface area contributed by atoms with Crippen LogP contribution in [-0.4, -0.2) is 17.3 Å². The predicted molar refractivity (Wildman–Crippen MR) is 89.8 cm³/mol. The average molecular weight is 403 g/mol. The molecular formula is C17H14ClF3N2O4. The Morgan fingerprint density at radius 3 is 2.70 bits per heavy atom. The zero-order chi connectivity index (χ0) is 19.8. The second-order valence-corrected chi connectivity index (χ2v) is 6.32. The maximum Gasteiger partial charge on any atom is 0.417 e. The molecule has 2 aromatic rings. The fourth-order valence-electron chi connectivity index (χ4n) is 2.58. The molecular weight excluding hydrogens is 389 g/mol. The van der Waals surface area contributed by atoms with E-state index in [4.69, 9.17) is 21.1 Å². The minimum absolute atomic E-state index is 0.110. The van der Waals surface area contributed by atoms with Crippen LogP contribution in [0.1, 0.15) is 24.1 Å². The smallest absolute Gasteiger partial charge is 0.417 e. The number of halogens is 4. The molecule has 0 fully saturated rings. The van der Waals surface area contributed by atoms with E-state index in [2.05, 4.69) is 5.32 Å². The molecule has 1 unspecified atom stereocenters. The first-order valence-electron chi connectivity index (χ1n) is 7.81. The number of fused-ring (bicyclic) bond motifs is 1. The number of carbonyl (C=O) groups excluding carboxylic acids is 1. The number of hydrogen-bond acceptors (Lipinski definition) is 4. The predicted octanol–water partition coefficient (Wildman–Crippen LogP) is 3.13. The lowest BCUT2D eigenvalue weighted by atomic mass is 10.1. The maximum absolute atomic E-state index is 12.9. The van der Waals surface area contributed by atoms with Crippen molar-refractivity contribution in [1.29, 1.82) is 0 Å². The summed E-state index contributed by atoms with van der Waals surface area (Å²) in [6.45, 7) is 1.20. The van der Waals surface area contributed by atoms with Gasteiger partial charge in [-0.1, -0.05) is 17.7 Å². The summed E-state index contributed by atoms with van der Waals surface area (Å²) in [5.74, 6) is 0.481. The number of amides is 1. The summed E-state index contributed by atoms with van der Waals surface area (Å²) in [4.78, 5) is 24.1. The molecule has 0 spiro atoms. The summed E-state index contributed by atoms with van der Waals surface area (Å²) in [5.41, 5.74) is -1.28. The minimum Gasteiger partial charge on any atom is -0.454 e. The van der Waals surface area contributed by atoms with Crippen LogP contribution in [-0.2, 0) is 17.5 Å². The lowest BCUT2D eigenvalue weighted by molar-refractivity contribution is -0.138. The number of rotatable bonds is 4. The normalized spacial score (nSPS) is 14.1. The Morgan fingerprint density at radius 1 is 1.30 bits per heavy atom. The van der Waals surface area contributed by atoms with E-state index in [-0.39, 0.29) is 6.79 Å². The zero-order valence-corrected chi connectivity index (χ0v) is 14.7. The molecule has 144 valence electrons. The van der Waals surface area contributed by atoms with Crippen LogP contribution in [0.4, 0.5) is 13.2 Å². The number of pyridine rings is 1. The molecule has 1 aliphatic rings. The van der Waals surface area contributed by atoms with Gasteiger partial charge in [-0.25, -0.2) is 0 Å². The fraction of sp³-hybridized carbons (Fsp3) is 0.294. The highest BCUT2D eigenvalue weighted by atomic mass is 35.5. The molecule has 1 aromatic carbocycles. The summed E-state index contributed by atoms with van der Waals surface area (Å²) in [7, 11) is 0. The second-order valence-electron chi connectivity index (χ2n) is 5.91. The van der Waals surface area contributed by atoms with E-state index < -0.39 is 40.8 Å². The van der Waals surface area contributed by atoms with Gasteiger partial charge >= 0.3 is 6.18 Å². The summed E-state index contributed by atoms with van der Waals surface area (Å²) in [6.07, 6.45) is -4.12. The third kappa shape index (κ3) is 4.19. The molecule has 0 radical (unpaired) electrons. The Morgan fingerprint density at radius 2 is 2.00 bits per heavy atom. The van der Waals surface area contributed by atoms with Gasteiger partial charge in [0.1, 0.15) is 11.6 Å². The number of nitrogens with one attached hydrogen (secondary N) is 1. The molecule has 6 nitrogen and oxygen atoms in total. The SMILES string of the molecule is CC(NC(=O)Cn1cc(C(F)(F)F)cc(Cl)c1=O)c1ccc2c(c1)OCO2. The number of nitrogens with zero attached hydrogens (tertiary/aromatic N) is 1. The van der Waals surface area contributed by atoms with Crippen molar-refractivity contribution in [2.24, 2.45) is 0 Å². The molecule has 0 bridgehead atoms. The Hall–Kier alpha value is -2.68. The van der Waals surface area contributed by atoms with Crippen molar-refractivity contribution in [1.82, 2.24) is 9.88 Å². The van der Waals surface area contributed by atoms with E-state index in [1.165, 1.54) is 0 Å². The van der Waals surface area contributed by atoms with Crippen LogP contribution < -0.4 is 20.3 Å². The molecule has 3 rings (SSSR count). The first-order valence-corrected chi connectivity index (χ1v) is 8.19. The Labute approximate surface area is 156 Å². The zero-order valence-electron chi connectivity index (χ0n) is 14.0. The van der Waals surface area contributed by atoms with Gasteiger partial charge in [-0.3, -0.25) is 9.59 Å². The van der Waals surface area contributed by atoms with E-state index in [1.807, 2.05) is 0 Å². The van der Waals surface area contributed by atoms with Gasteiger partial charge in [0.25, 0.3) is 5.56 Å². The van der Waals surface area contributed by atoms with Crippen LogP contribution in [0.2, 0.25) is 5.02 Å². The lowest BCUT2D eigenvalue weighted by Crippen LogP contribution is -2.34. The van der Waals surface area contributed by atoms with Crippen LogP contribution in [0.15, 0.2) is 35.3 Å². The van der Waals surface area contributed by atoms with Gasteiger partial charge in [-0.05, 0) is 30.7 Å². The molecule has 1 amide bonds. The highest BCUT2D eigenvalue weighted by Gasteiger charge is 2.32. The van der Waals surface area contributed by atoms with Gasteiger partial charge in [-0.2, -0.15) is 13.2 Å². The van der Waals surface area contributed by atoms with Crippen LogP contribution >= 0.6 is 11.6 Å². The summed E-state index contributed by atoms with van der Waals surface area (Å²) in [6, 6.07) is 5.18. The molecule has 0 saturated heterocycles. The third-order valence-electron chi connectivity index (χ3n) is 3.96. The van der Waals surface area contributed by atoms with Gasteiger partial charge < -0.3 is 19.4 Å². The molecule has 1 atom stereocenters. The first kappa shape index (κ1) is 19.1. The highest BCUT2D eigenvalue weighted by molar-refractivity contribution is 6.30. The van der Waals surface area contributed by atoms with E-state index >= 15 is 0 Å². The molecule has 1 N–H and O–H groups in total. The highest BCUT2D eigenvalue weighted by Crippen LogP contribution is 2.34. The Kier molecular flexibility index (Phi) is 5.05. The quantitative estimate of drug-likeness (QED) is 0.853. The van der Waals surface area contributed by atoms with E-state index in [0.717, 1.165) is 0 Å². The molecule has 10 heteroatoms. The van der Waals surface area contributed by atoms with E-state index in [0.29, 0.717) is 33.9 Å². The van der Waals surface area contributed by atoms with Crippen LogP contribution in [0.25, 0.3) is 0 Å². The first-order chi connectivity index (χ1) is 12.6. The van der Waals surface area contributed by atoms with Crippen molar-refractivity contribution in [3.05, 3.63) is 57.0 Å².